The minimum Gasteiger partial charge on any atom is -0.493 e. The highest BCUT2D eigenvalue weighted by Gasteiger charge is 2.14. The normalized spacial score (nSPS) is 9.38. The summed E-state index contributed by atoms with van der Waals surface area (Å²) in [6, 6.07) is 4.99. The van der Waals surface area contributed by atoms with E-state index < -0.39 is 0 Å². The highest BCUT2D eigenvalue weighted by atomic mass is 79.9. The lowest BCUT2D eigenvalue weighted by Gasteiger charge is -2.10. The smallest absolute Gasteiger partial charge is 0.177 e. The van der Waals surface area contributed by atoms with E-state index in [0.29, 0.717) is 21.5 Å². The van der Waals surface area contributed by atoms with E-state index in [1.807, 2.05) is 6.07 Å². The van der Waals surface area contributed by atoms with Crippen molar-refractivity contribution in [1.82, 2.24) is 0 Å². The summed E-state index contributed by atoms with van der Waals surface area (Å²) in [5.74, 6) is 0.735. The zero-order valence-electron chi connectivity index (χ0n) is 8.91. The first-order valence-electron chi connectivity index (χ1n) is 4.45. The van der Waals surface area contributed by atoms with E-state index in [2.05, 4.69) is 15.9 Å². The fourth-order valence-electron chi connectivity index (χ4n) is 1.25. The first-order chi connectivity index (χ1) is 7.63. The SMILES string of the molecule is COc1cc(C(=O)CC#N)cc(Br)c1OC. The third-order valence-electron chi connectivity index (χ3n) is 2.00. The van der Waals surface area contributed by atoms with Gasteiger partial charge in [-0.2, -0.15) is 5.26 Å². The number of carbonyl (C=O) groups is 1. The second-order valence-electron chi connectivity index (χ2n) is 2.95. The highest BCUT2D eigenvalue weighted by Crippen LogP contribution is 2.36. The number of halogens is 1. The molecule has 1 aromatic rings. The van der Waals surface area contributed by atoms with Crippen molar-refractivity contribution in [1.29, 1.82) is 5.26 Å². The van der Waals surface area contributed by atoms with Crippen LogP contribution in [0.1, 0.15) is 16.8 Å². The Hall–Kier alpha value is -1.54. The van der Waals surface area contributed by atoms with Gasteiger partial charge in [-0.1, -0.05) is 0 Å². The Morgan fingerprint density at radius 2 is 2.12 bits per heavy atom. The molecule has 0 radical (unpaired) electrons. The van der Waals surface area contributed by atoms with Gasteiger partial charge in [0.15, 0.2) is 17.3 Å². The van der Waals surface area contributed by atoms with Crippen molar-refractivity contribution in [3.05, 3.63) is 22.2 Å². The molecule has 4 nitrogen and oxygen atoms in total. The van der Waals surface area contributed by atoms with Gasteiger partial charge < -0.3 is 9.47 Å². The number of nitriles is 1. The van der Waals surface area contributed by atoms with Crippen LogP contribution >= 0.6 is 15.9 Å². The molecule has 0 fully saturated rings. The maximum atomic E-state index is 11.5. The van der Waals surface area contributed by atoms with Crippen molar-refractivity contribution in [2.24, 2.45) is 0 Å². The predicted molar refractivity (Wildman–Crippen MR) is 61.8 cm³/mol. The Bertz CT molecular complexity index is 451. The van der Waals surface area contributed by atoms with Crippen LogP contribution in [0.25, 0.3) is 0 Å². The van der Waals surface area contributed by atoms with Crippen molar-refractivity contribution in [2.75, 3.05) is 14.2 Å². The Balaban J connectivity index is 3.21. The highest BCUT2D eigenvalue weighted by molar-refractivity contribution is 9.10. The number of ketones is 1. The van der Waals surface area contributed by atoms with Gasteiger partial charge in [-0.15, -0.1) is 0 Å². The van der Waals surface area contributed by atoms with Crippen molar-refractivity contribution >= 4 is 21.7 Å². The Morgan fingerprint density at radius 3 is 2.62 bits per heavy atom. The molecule has 1 rings (SSSR count). The molecule has 1 aromatic carbocycles. The van der Waals surface area contributed by atoms with Gasteiger partial charge in [-0.25, -0.2) is 0 Å². The van der Waals surface area contributed by atoms with Crippen LogP contribution in [0.5, 0.6) is 11.5 Å². The second kappa shape index (κ2) is 5.52. The van der Waals surface area contributed by atoms with Crippen molar-refractivity contribution in [3.8, 4) is 17.6 Å². The predicted octanol–water partition coefficient (Wildman–Crippen LogP) is 2.56. The average Bonchev–Trinajstić information content (AvgIpc) is 2.28. The number of ether oxygens (including phenoxy) is 2. The van der Waals surface area contributed by atoms with E-state index in [1.165, 1.54) is 14.2 Å². The lowest BCUT2D eigenvalue weighted by atomic mass is 10.1. The van der Waals surface area contributed by atoms with Crippen LogP contribution in [0.4, 0.5) is 0 Å². The van der Waals surface area contributed by atoms with E-state index in [9.17, 15) is 4.79 Å². The van der Waals surface area contributed by atoms with Gasteiger partial charge in [-0.05, 0) is 28.1 Å². The Kier molecular flexibility index (Phi) is 4.32. The summed E-state index contributed by atoms with van der Waals surface area (Å²) in [6.45, 7) is 0. The molecule has 0 atom stereocenters. The summed E-state index contributed by atoms with van der Waals surface area (Å²) in [5, 5.41) is 8.46. The van der Waals surface area contributed by atoms with Crippen LogP contribution in [-0.4, -0.2) is 20.0 Å². The molecule has 0 aliphatic heterocycles. The molecule has 0 N–H and O–H groups in total. The first-order valence-corrected chi connectivity index (χ1v) is 5.25. The maximum absolute atomic E-state index is 11.5. The molecule has 0 aromatic heterocycles. The van der Waals surface area contributed by atoms with Crippen LogP contribution in [0.2, 0.25) is 0 Å². The molecule has 0 unspecified atom stereocenters. The van der Waals surface area contributed by atoms with Gasteiger partial charge in [0.25, 0.3) is 0 Å². The van der Waals surface area contributed by atoms with Crippen LogP contribution in [0.15, 0.2) is 16.6 Å². The number of hydrogen-bond acceptors (Lipinski definition) is 4. The monoisotopic (exact) mass is 283 g/mol. The molecular weight excluding hydrogens is 274 g/mol. The molecule has 16 heavy (non-hydrogen) atoms. The molecule has 0 bridgehead atoms. The minimum atomic E-state index is -0.246. The van der Waals surface area contributed by atoms with E-state index in [0.717, 1.165) is 0 Å². The number of carbonyl (C=O) groups excluding carboxylic acids is 1. The summed E-state index contributed by atoms with van der Waals surface area (Å²) in [7, 11) is 3.00. The topological polar surface area (TPSA) is 59.3 Å². The molecule has 0 aliphatic carbocycles. The second-order valence-corrected chi connectivity index (χ2v) is 3.81. The van der Waals surface area contributed by atoms with Crippen molar-refractivity contribution < 1.29 is 14.3 Å². The maximum Gasteiger partial charge on any atom is 0.177 e. The van der Waals surface area contributed by atoms with E-state index in [-0.39, 0.29) is 12.2 Å². The molecule has 0 spiro atoms. The van der Waals surface area contributed by atoms with Crippen LogP contribution in [0, 0.1) is 11.3 Å². The van der Waals surface area contributed by atoms with Gasteiger partial charge in [0, 0.05) is 5.56 Å². The first kappa shape index (κ1) is 12.5. The summed E-state index contributed by atoms with van der Waals surface area (Å²) in [6.07, 6.45) is -0.151. The minimum absolute atomic E-state index is 0.151. The number of rotatable bonds is 4. The summed E-state index contributed by atoms with van der Waals surface area (Å²) < 4.78 is 10.8. The van der Waals surface area contributed by atoms with Gasteiger partial charge >= 0.3 is 0 Å². The molecule has 5 heteroatoms. The number of benzene rings is 1. The molecule has 0 saturated heterocycles. The van der Waals surface area contributed by atoms with Gasteiger partial charge in [0.1, 0.15) is 0 Å². The van der Waals surface area contributed by atoms with Crippen molar-refractivity contribution in [2.45, 2.75) is 6.42 Å². The number of nitrogens with zero attached hydrogens (tertiary/aromatic N) is 1. The molecule has 0 aliphatic rings. The van der Waals surface area contributed by atoms with Crippen LogP contribution in [0.3, 0.4) is 0 Å². The standard InChI is InChI=1S/C11H10BrNO3/c1-15-10-6-7(9(14)3-4-13)5-8(12)11(10)16-2/h5-6H,3H2,1-2H3. The lowest BCUT2D eigenvalue weighted by Crippen LogP contribution is -2.00. The Morgan fingerprint density at radius 1 is 1.44 bits per heavy atom. The fourth-order valence-corrected chi connectivity index (χ4v) is 1.86. The lowest BCUT2D eigenvalue weighted by molar-refractivity contribution is 0.0997. The van der Waals surface area contributed by atoms with Gasteiger partial charge in [0.05, 0.1) is 31.2 Å². The quantitative estimate of drug-likeness (QED) is 0.797. The third-order valence-corrected chi connectivity index (χ3v) is 2.58. The average molecular weight is 284 g/mol. The van der Waals surface area contributed by atoms with Crippen LogP contribution < -0.4 is 9.47 Å². The fraction of sp³-hybridized carbons (Fsp3) is 0.273. The Labute approximate surface area is 102 Å². The zero-order chi connectivity index (χ0) is 12.1. The van der Waals surface area contributed by atoms with E-state index in [1.54, 1.807) is 12.1 Å². The summed E-state index contributed by atoms with van der Waals surface area (Å²) in [5.41, 5.74) is 0.422. The van der Waals surface area contributed by atoms with E-state index in [4.69, 9.17) is 14.7 Å². The van der Waals surface area contributed by atoms with Crippen LogP contribution in [-0.2, 0) is 0 Å². The molecular formula is C11H10BrNO3. The van der Waals surface area contributed by atoms with Gasteiger partial charge in [-0.3, -0.25) is 4.79 Å². The molecule has 0 saturated carbocycles. The molecule has 84 valence electrons. The summed E-state index contributed by atoms with van der Waals surface area (Å²) in [4.78, 5) is 11.5. The summed E-state index contributed by atoms with van der Waals surface area (Å²) >= 11 is 3.28. The number of hydrogen-bond donors (Lipinski definition) is 0. The van der Waals surface area contributed by atoms with E-state index >= 15 is 0 Å². The molecule has 0 heterocycles. The van der Waals surface area contributed by atoms with Gasteiger partial charge in [0.2, 0.25) is 0 Å². The largest absolute Gasteiger partial charge is 0.493 e. The molecule has 0 amide bonds. The third kappa shape index (κ3) is 2.52. The zero-order valence-corrected chi connectivity index (χ0v) is 10.5. The van der Waals surface area contributed by atoms with Crippen molar-refractivity contribution in [3.63, 3.8) is 0 Å². The number of methoxy groups -OCH3 is 2. The number of Topliss-reactive ketones (excluding diaryl/α,β-unsaturated/α-hetero) is 1.